The fraction of sp³-hybridized carbons (Fsp3) is 0.125. The number of pyridine rings is 2. The SMILES string of the molecule is CN(C)C(=O)c1cccc(NC(=O)C=Cc2cccnc2)n1. The first-order chi connectivity index (χ1) is 10.6. The average Bonchev–Trinajstić information content (AvgIpc) is 2.53. The molecule has 0 unspecified atom stereocenters. The number of anilines is 1. The number of carbonyl (C=O) groups excluding carboxylic acids is 2. The van der Waals surface area contributed by atoms with E-state index < -0.39 is 0 Å². The number of rotatable bonds is 4. The van der Waals surface area contributed by atoms with Crippen molar-refractivity contribution in [1.29, 1.82) is 0 Å². The second-order valence-electron chi connectivity index (χ2n) is 4.72. The Labute approximate surface area is 128 Å². The quantitative estimate of drug-likeness (QED) is 0.873. The van der Waals surface area contributed by atoms with Crippen LogP contribution in [0.1, 0.15) is 16.1 Å². The van der Waals surface area contributed by atoms with E-state index in [1.165, 1.54) is 11.0 Å². The normalized spacial score (nSPS) is 10.5. The number of nitrogens with zero attached hydrogens (tertiary/aromatic N) is 3. The van der Waals surface area contributed by atoms with Crippen molar-refractivity contribution in [3.8, 4) is 0 Å². The molecule has 2 amide bonds. The van der Waals surface area contributed by atoms with Crippen molar-refractivity contribution >= 4 is 23.7 Å². The number of hydrogen-bond acceptors (Lipinski definition) is 4. The topological polar surface area (TPSA) is 75.2 Å². The summed E-state index contributed by atoms with van der Waals surface area (Å²) in [5.74, 6) is -0.221. The van der Waals surface area contributed by atoms with E-state index in [4.69, 9.17) is 0 Å². The number of carbonyl (C=O) groups is 2. The molecule has 2 aromatic rings. The molecule has 2 rings (SSSR count). The fourth-order valence-corrected chi connectivity index (χ4v) is 1.67. The molecule has 2 aromatic heterocycles. The molecular formula is C16H16N4O2. The van der Waals surface area contributed by atoms with Crippen LogP contribution in [0.2, 0.25) is 0 Å². The van der Waals surface area contributed by atoms with Gasteiger partial charge in [0.15, 0.2) is 0 Å². The Morgan fingerprint density at radius 1 is 1.18 bits per heavy atom. The second kappa shape index (κ2) is 7.12. The molecule has 22 heavy (non-hydrogen) atoms. The lowest BCUT2D eigenvalue weighted by Gasteiger charge is -2.10. The third kappa shape index (κ3) is 4.24. The average molecular weight is 296 g/mol. The van der Waals surface area contributed by atoms with Gasteiger partial charge in [0.1, 0.15) is 11.5 Å². The van der Waals surface area contributed by atoms with Gasteiger partial charge in [0.2, 0.25) is 5.91 Å². The van der Waals surface area contributed by atoms with Gasteiger partial charge < -0.3 is 10.2 Å². The van der Waals surface area contributed by atoms with E-state index >= 15 is 0 Å². The minimum absolute atomic E-state index is 0.220. The van der Waals surface area contributed by atoms with Gasteiger partial charge in [-0.25, -0.2) is 4.98 Å². The highest BCUT2D eigenvalue weighted by Gasteiger charge is 2.10. The molecule has 0 saturated carbocycles. The Kier molecular flexibility index (Phi) is 4.98. The summed E-state index contributed by atoms with van der Waals surface area (Å²) >= 11 is 0. The van der Waals surface area contributed by atoms with Crippen LogP contribution in [0.25, 0.3) is 6.08 Å². The van der Waals surface area contributed by atoms with Crippen molar-refractivity contribution in [2.45, 2.75) is 0 Å². The summed E-state index contributed by atoms with van der Waals surface area (Å²) in [7, 11) is 3.29. The Morgan fingerprint density at radius 2 is 2.00 bits per heavy atom. The summed E-state index contributed by atoms with van der Waals surface area (Å²) in [5, 5.41) is 2.62. The third-order valence-electron chi connectivity index (χ3n) is 2.74. The lowest BCUT2D eigenvalue weighted by Crippen LogP contribution is -2.23. The highest BCUT2D eigenvalue weighted by Crippen LogP contribution is 2.07. The van der Waals surface area contributed by atoms with E-state index in [9.17, 15) is 9.59 Å². The second-order valence-corrected chi connectivity index (χ2v) is 4.72. The number of hydrogen-bond donors (Lipinski definition) is 1. The van der Waals surface area contributed by atoms with Gasteiger partial charge in [-0.1, -0.05) is 12.1 Å². The first-order valence-electron chi connectivity index (χ1n) is 6.64. The van der Waals surface area contributed by atoms with Gasteiger partial charge in [-0.2, -0.15) is 0 Å². The van der Waals surface area contributed by atoms with Gasteiger partial charge in [-0.15, -0.1) is 0 Å². The smallest absolute Gasteiger partial charge is 0.272 e. The van der Waals surface area contributed by atoms with Crippen molar-refractivity contribution < 1.29 is 9.59 Å². The van der Waals surface area contributed by atoms with E-state index in [2.05, 4.69) is 15.3 Å². The summed E-state index contributed by atoms with van der Waals surface area (Å²) in [5.41, 5.74) is 1.10. The van der Waals surface area contributed by atoms with E-state index in [-0.39, 0.29) is 17.5 Å². The highest BCUT2D eigenvalue weighted by molar-refractivity contribution is 6.01. The van der Waals surface area contributed by atoms with E-state index in [0.717, 1.165) is 5.56 Å². The maximum Gasteiger partial charge on any atom is 0.272 e. The van der Waals surface area contributed by atoms with Crippen LogP contribution in [0, 0.1) is 0 Å². The van der Waals surface area contributed by atoms with Gasteiger partial charge in [0.25, 0.3) is 5.91 Å². The van der Waals surface area contributed by atoms with Crippen molar-refractivity contribution in [1.82, 2.24) is 14.9 Å². The van der Waals surface area contributed by atoms with Gasteiger partial charge in [-0.05, 0) is 29.8 Å². The van der Waals surface area contributed by atoms with Crippen LogP contribution in [-0.2, 0) is 4.79 Å². The van der Waals surface area contributed by atoms with E-state index in [0.29, 0.717) is 5.82 Å². The molecule has 6 nitrogen and oxygen atoms in total. The monoisotopic (exact) mass is 296 g/mol. The van der Waals surface area contributed by atoms with Gasteiger partial charge >= 0.3 is 0 Å². The predicted molar refractivity (Wildman–Crippen MR) is 84.2 cm³/mol. The number of nitrogens with one attached hydrogen (secondary N) is 1. The molecule has 2 heterocycles. The Morgan fingerprint density at radius 3 is 2.68 bits per heavy atom. The number of aromatic nitrogens is 2. The fourth-order valence-electron chi connectivity index (χ4n) is 1.67. The maximum absolute atomic E-state index is 11.8. The molecule has 0 bridgehead atoms. The largest absolute Gasteiger partial charge is 0.343 e. The summed E-state index contributed by atoms with van der Waals surface area (Å²) < 4.78 is 0. The van der Waals surface area contributed by atoms with Crippen molar-refractivity contribution in [3.05, 3.63) is 60.1 Å². The van der Waals surface area contributed by atoms with Crippen LogP contribution in [0.4, 0.5) is 5.82 Å². The molecule has 0 radical (unpaired) electrons. The maximum atomic E-state index is 11.8. The lowest BCUT2D eigenvalue weighted by atomic mass is 10.2. The molecule has 0 spiro atoms. The minimum atomic E-state index is -0.328. The molecule has 0 saturated heterocycles. The minimum Gasteiger partial charge on any atom is -0.343 e. The lowest BCUT2D eigenvalue weighted by molar-refractivity contribution is -0.111. The molecule has 0 aromatic carbocycles. The molecular weight excluding hydrogens is 280 g/mol. The van der Waals surface area contributed by atoms with Crippen LogP contribution >= 0.6 is 0 Å². The van der Waals surface area contributed by atoms with Gasteiger partial charge in [-0.3, -0.25) is 14.6 Å². The Balaban J connectivity index is 2.04. The van der Waals surface area contributed by atoms with Gasteiger partial charge in [0, 0.05) is 32.6 Å². The van der Waals surface area contributed by atoms with Gasteiger partial charge in [0.05, 0.1) is 0 Å². The number of amides is 2. The Bertz CT molecular complexity index is 696. The van der Waals surface area contributed by atoms with Crippen LogP contribution in [0.3, 0.4) is 0 Å². The first-order valence-corrected chi connectivity index (χ1v) is 6.64. The van der Waals surface area contributed by atoms with Crippen LogP contribution < -0.4 is 5.32 Å². The van der Waals surface area contributed by atoms with E-state index in [1.54, 1.807) is 56.8 Å². The molecule has 0 atom stereocenters. The van der Waals surface area contributed by atoms with Crippen molar-refractivity contribution in [2.75, 3.05) is 19.4 Å². The van der Waals surface area contributed by atoms with Crippen LogP contribution in [0.5, 0.6) is 0 Å². The third-order valence-corrected chi connectivity index (χ3v) is 2.74. The molecule has 6 heteroatoms. The van der Waals surface area contributed by atoms with Crippen LogP contribution in [0.15, 0.2) is 48.8 Å². The molecule has 0 aliphatic heterocycles. The van der Waals surface area contributed by atoms with E-state index in [1.807, 2.05) is 6.07 Å². The zero-order valence-corrected chi connectivity index (χ0v) is 12.4. The summed E-state index contributed by atoms with van der Waals surface area (Å²) in [6.45, 7) is 0. The molecule has 1 N–H and O–H groups in total. The molecule has 0 fully saturated rings. The predicted octanol–water partition coefficient (Wildman–Crippen LogP) is 1.83. The summed E-state index contributed by atoms with van der Waals surface area (Å²) in [6, 6.07) is 8.52. The first kappa shape index (κ1) is 15.4. The van der Waals surface area contributed by atoms with Crippen molar-refractivity contribution in [2.24, 2.45) is 0 Å². The summed E-state index contributed by atoms with van der Waals surface area (Å²) in [6.07, 6.45) is 6.35. The van der Waals surface area contributed by atoms with Crippen LogP contribution in [-0.4, -0.2) is 40.8 Å². The summed E-state index contributed by atoms with van der Waals surface area (Å²) in [4.78, 5) is 33.2. The highest BCUT2D eigenvalue weighted by atomic mass is 16.2. The molecule has 112 valence electrons. The zero-order valence-electron chi connectivity index (χ0n) is 12.4. The van der Waals surface area contributed by atoms with Crippen molar-refractivity contribution in [3.63, 3.8) is 0 Å². The standard InChI is InChI=1S/C16H16N4O2/c1-20(2)16(22)13-6-3-7-14(18-13)19-15(21)9-8-12-5-4-10-17-11-12/h3-11H,1-2H3,(H,18,19,21). The molecule has 0 aliphatic rings. The zero-order chi connectivity index (χ0) is 15.9. The molecule has 0 aliphatic carbocycles. The Hall–Kier alpha value is -3.02.